The highest BCUT2D eigenvalue weighted by Crippen LogP contribution is 2.23. The molecule has 100 valence electrons. The van der Waals surface area contributed by atoms with Gasteiger partial charge in [0.05, 0.1) is 6.61 Å². The van der Waals surface area contributed by atoms with E-state index in [9.17, 15) is 4.79 Å². The van der Waals surface area contributed by atoms with E-state index < -0.39 is 5.97 Å². The Labute approximate surface area is 107 Å². The lowest BCUT2D eigenvalue weighted by molar-refractivity contribution is 0.0519. The van der Waals surface area contributed by atoms with Gasteiger partial charge in [0.2, 0.25) is 0 Å². The summed E-state index contributed by atoms with van der Waals surface area (Å²) in [5.74, 6) is 0.253. The Morgan fingerprint density at radius 3 is 3.00 bits per heavy atom. The highest BCUT2D eigenvalue weighted by molar-refractivity contribution is 5.87. The molecule has 1 N–H and O–H groups in total. The van der Waals surface area contributed by atoms with Crippen molar-refractivity contribution in [2.45, 2.75) is 39.0 Å². The fourth-order valence-corrected chi connectivity index (χ4v) is 2.28. The molecule has 2 rings (SSSR count). The smallest absolute Gasteiger partial charge is 0.360 e. The van der Waals surface area contributed by atoms with Crippen molar-refractivity contribution in [2.75, 3.05) is 18.5 Å². The second kappa shape index (κ2) is 6.42. The second-order valence-corrected chi connectivity index (χ2v) is 4.64. The average molecular weight is 252 g/mol. The summed E-state index contributed by atoms with van der Waals surface area (Å²) in [5, 5.41) is 3.15. The Morgan fingerprint density at radius 2 is 2.28 bits per heavy atom. The molecule has 0 unspecified atom stereocenters. The molecule has 0 aromatic carbocycles. The highest BCUT2D eigenvalue weighted by atomic mass is 16.5. The van der Waals surface area contributed by atoms with Gasteiger partial charge in [-0.25, -0.2) is 4.79 Å². The van der Waals surface area contributed by atoms with Gasteiger partial charge < -0.3 is 14.5 Å². The van der Waals surface area contributed by atoms with Gasteiger partial charge in [0.15, 0.2) is 5.69 Å². The summed E-state index contributed by atoms with van der Waals surface area (Å²) in [7, 11) is 0. The van der Waals surface area contributed by atoms with Crippen LogP contribution in [0.4, 0.5) is 6.01 Å². The summed E-state index contributed by atoms with van der Waals surface area (Å²) >= 11 is 0. The third-order valence-corrected chi connectivity index (χ3v) is 3.26. The summed E-state index contributed by atoms with van der Waals surface area (Å²) in [4.78, 5) is 15.5. The van der Waals surface area contributed by atoms with Gasteiger partial charge in [-0.1, -0.05) is 19.3 Å². The van der Waals surface area contributed by atoms with Gasteiger partial charge >= 0.3 is 5.97 Å². The molecule has 5 nitrogen and oxygen atoms in total. The normalized spacial score (nSPS) is 16.5. The summed E-state index contributed by atoms with van der Waals surface area (Å²) in [6.45, 7) is 2.97. The Hall–Kier alpha value is -1.52. The molecular weight excluding hydrogens is 232 g/mol. The van der Waals surface area contributed by atoms with E-state index in [0.717, 1.165) is 6.54 Å². The van der Waals surface area contributed by atoms with Crippen molar-refractivity contribution >= 4 is 12.0 Å². The average Bonchev–Trinajstić information content (AvgIpc) is 2.87. The number of ether oxygens (including phenoxy) is 1. The van der Waals surface area contributed by atoms with Gasteiger partial charge in [-0.2, -0.15) is 4.98 Å². The minimum atomic E-state index is -0.438. The number of carbonyl (C=O) groups is 1. The molecular formula is C13H20N2O3. The standard InChI is InChI=1S/C13H20N2O3/c1-2-17-12(16)11-9-18-13(15-11)14-8-10-6-4-3-5-7-10/h9-10H,2-8H2,1H3,(H,14,15). The molecule has 0 atom stereocenters. The number of nitrogens with one attached hydrogen (secondary N) is 1. The molecule has 1 fully saturated rings. The maximum absolute atomic E-state index is 11.4. The first kappa shape index (κ1) is 12.9. The molecule has 0 bridgehead atoms. The summed E-state index contributed by atoms with van der Waals surface area (Å²) in [6.07, 6.45) is 7.83. The first-order valence-electron chi connectivity index (χ1n) is 6.66. The van der Waals surface area contributed by atoms with Crippen molar-refractivity contribution in [3.63, 3.8) is 0 Å². The first-order valence-corrected chi connectivity index (χ1v) is 6.66. The zero-order valence-corrected chi connectivity index (χ0v) is 10.8. The van der Waals surface area contributed by atoms with Crippen molar-refractivity contribution in [3.05, 3.63) is 12.0 Å². The third kappa shape index (κ3) is 3.48. The predicted molar refractivity (Wildman–Crippen MR) is 67.5 cm³/mol. The van der Waals surface area contributed by atoms with Crippen LogP contribution in [0, 0.1) is 5.92 Å². The van der Waals surface area contributed by atoms with E-state index in [1.54, 1.807) is 6.92 Å². The Balaban J connectivity index is 1.80. The number of oxazole rings is 1. The van der Waals surface area contributed by atoms with E-state index in [0.29, 0.717) is 18.5 Å². The lowest BCUT2D eigenvalue weighted by atomic mass is 9.89. The van der Waals surface area contributed by atoms with Crippen LogP contribution in [0.1, 0.15) is 49.5 Å². The van der Waals surface area contributed by atoms with Crippen molar-refractivity contribution in [3.8, 4) is 0 Å². The Bertz CT molecular complexity index is 383. The minimum Gasteiger partial charge on any atom is -0.461 e. The van der Waals surface area contributed by atoms with Crippen molar-refractivity contribution < 1.29 is 13.9 Å². The van der Waals surface area contributed by atoms with Crippen molar-refractivity contribution in [2.24, 2.45) is 5.92 Å². The number of carbonyl (C=O) groups excluding carboxylic acids is 1. The van der Waals surface area contributed by atoms with E-state index in [1.165, 1.54) is 38.4 Å². The van der Waals surface area contributed by atoms with E-state index >= 15 is 0 Å². The summed E-state index contributed by atoms with van der Waals surface area (Å²) < 4.78 is 10.0. The van der Waals surface area contributed by atoms with Crippen LogP contribution >= 0.6 is 0 Å². The zero-order valence-electron chi connectivity index (χ0n) is 10.8. The molecule has 0 radical (unpaired) electrons. The fraction of sp³-hybridized carbons (Fsp3) is 0.692. The van der Waals surface area contributed by atoms with E-state index in [-0.39, 0.29) is 5.69 Å². The summed E-state index contributed by atoms with van der Waals surface area (Å²) in [6, 6.07) is 0.406. The molecule has 5 heteroatoms. The van der Waals surface area contributed by atoms with Gasteiger partial charge in [-0.3, -0.25) is 0 Å². The molecule has 0 saturated heterocycles. The SMILES string of the molecule is CCOC(=O)c1coc(NCC2CCCCC2)n1. The van der Waals surface area contributed by atoms with Crippen LogP contribution < -0.4 is 5.32 Å². The third-order valence-electron chi connectivity index (χ3n) is 3.26. The van der Waals surface area contributed by atoms with Crippen LogP contribution in [0.5, 0.6) is 0 Å². The molecule has 1 aliphatic carbocycles. The number of hydrogen-bond donors (Lipinski definition) is 1. The van der Waals surface area contributed by atoms with Gasteiger partial charge in [0.1, 0.15) is 6.26 Å². The van der Waals surface area contributed by atoms with E-state index in [4.69, 9.17) is 9.15 Å². The number of nitrogens with zero attached hydrogens (tertiary/aromatic N) is 1. The Morgan fingerprint density at radius 1 is 1.50 bits per heavy atom. The molecule has 0 spiro atoms. The lowest BCUT2D eigenvalue weighted by Gasteiger charge is -2.21. The van der Waals surface area contributed by atoms with Gasteiger partial charge in [-0.15, -0.1) is 0 Å². The molecule has 0 aliphatic heterocycles. The topological polar surface area (TPSA) is 64.4 Å². The molecule has 1 aromatic heterocycles. The molecule has 1 aliphatic rings. The molecule has 1 saturated carbocycles. The highest BCUT2D eigenvalue weighted by Gasteiger charge is 2.16. The number of esters is 1. The zero-order chi connectivity index (χ0) is 12.8. The number of anilines is 1. The molecule has 1 aromatic rings. The van der Waals surface area contributed by atoms with Gasteiger partial charge in [0.25, 0.3) is 6.01 Å². The van der Waals surface area contributed by atoms with Crippen molar-refractivity contribution in [1.29, 1.82) is 0 Å². The number of rotatable bonds is 5. The van der Waals surface area contributed by atoms with Gasteiger partial charge in [-0.05, 0) is 25.7 Å². The van der Waals surface area contributed by atoms with E-state index in [1.807, 2.05) is 0 Å². The predicted octanol–water partition coefficient (Wildman–Crippen LogP) is 2.84. The first-order chi connectivity index (χ1) is 8.79. The maximum Gasteiger partial charge on any atom is 0.360 e. The fourth-order valence-electron chi connectivity index (χ4n) is 2.28. The molecule has 1 heterocycles. The van der Waals surface area contributed by atoms with Crippen LogP contribution in [0.15, 0.2) is 10.7 Å². The monoisotopic (exact) mass is 252 g/mol. The summed E-state index contributed by atoms with van der Waals surface area (Å²) in [5.41, 5.74) is 0.225. The van der Waals surface area contributed by atoms with Crippen LogP contribution in [0.2, 0.25) is 0 Å². The van der Waals surface area contributed by atoms with Crippen LogP contribution in [-0.4, -0.2) is 24.1 Å². The molecule has 18 heavy (non-hydrogen) atoms. The second-order valence-electron chi connectivity index (χ2n) is 4.64. The molecule has 0 amide bonds. The van der Waals surface area contributed by atoms with Crippen LogP contribution in [0.3, 0.4) is 0 Å². The van der Waals surface area contributed by atoms with Crippen molar-refractivity contribution in [1.82, 2.24) is 4.98 Å². The largest absolute Gasteiger partial charge is 0.461 e. The van der Waals surface area contributed by atoms with Gasteiger partial charge in [0, 0.05) is 6.54 Å². The lowest BCUT2D eigenvalue weighted by Crippen LogP contribution is -2.17. The van der Waals surface area contributed by atoms with E-state index in [2.05, 4.69) is 10.3 Å². The Kier molecular flexibility index (Phi) is 4.61. The maximum atomic E-state index is 11.4. The van der Waals surface area contributed by atoms with Crippen LogP contribution in [0.25, 0.3) is 0 Å². The minimum absolute atomic E-state index is 0.225. The quantitative estimate of drug-likeness (QED) is 0.816. The number of hydrogen-bond acceptors (Lipinski definition) is 5. The van der Waals surface area contributed by atoms with Crippen LogP contribution in [-0.2, 0) is 4.74 Å². The number of aromatic nitrogens is 1.